The summed E-state index contributed by atoms with van der Waals surface area (Å²) in [6.07, 6.45) is 0. The first-order valence-corrected chi connectivity index (χ1v) is 6.64. The lowest BCUT2D eigenvalue weighted by Gasteiger charge is -2.04. The van der Waals surface area contributed by atoms with E-state index in [1.54, 1.807) is 0 Å². The van der Waals surface area contributed by atoms with Crippen molar-refractivity contribution in [2.45, 2.75) is 4.90 Å². The van der Waals surface area contributed by atoms with Gasteiger partial charge in [-0.3, -0.25) is 4.79 Å². The van der Waals surface area contributed by atoms with E-state index < -0.39 is 5.92 Å². The zero-order chi connectivity index (χ0) is 12.8. The van der Waals surface area contributed by atoms with Crippen molar-refractivity contribution in [2.75, 3.05) is 5.75 Å². The van der Waals surface area contributed by atoms with Gasteiger partial charge in [0.1, 0.15) is 5.70 Å². The van der Waals surface area contributed by atoms with Crippen LogP contribution in [0.15, 0.2) is 45.9 Å². The van der Waals surface area contributed by atoms with Crippen LogP contribution in [0.2, 0.25) is 0 Å². The minimum absolute atomic E-state index is 0.152. The number of halogens is 1. The Balaban J connectivity index is 2.57. The summed E-state index contributed by atoms with van der Waals surface area (Å²) >= 11 is 4.75. The summed E-state index contributed by atoms with van der Waals surface area (Å²) < 4.78 is 0.995. The largest absolute Gasteiger partial charge is 0.328 e. The summed E-state index contributed by atoms with van der Waals surface area (Å²) in [6, 6.07) is 9.58. The number of carbonyl (C=O) groups excluding carboxylic acids is 1. The molecule has 0 amide bonds. The molecule has 1 atom stereocenters. The highest BCUT2D eigenvalue weighted by Crippen LogP contribution is 2.21. The molecule has 0 fully saturated rings. The summed E-state index contributed by atoms with van der Waals surface area (Å²) in [4.78, 5) is 12.7. The monoisotopic (exact) mass is 311 g/mol. The summed E-state index contributed by atoms with van der Waals surface area (Å²) in [5, 5.41) is 8.81. The van der Waals surface area contributed by atoms with Crippen molar-refractivity contribution in [3.05, 3.63) is 41.0 Å². The lowest BCUT2D eigenvalue weighted by Crippen LogP contribution is -2.51. The molecule has 0 bridgehead atoms. The van der Waals surface area contributed by atoms with Gasteiger partial charge in [-0.25, -0.2) is 0 Å². The fourth-order valence-electron chi connectivity index (χ4n) is 1.16. The number of nitrogens with zero attached hydrogens (tertiary/aromatic N) is 1. The van der Waals surface area contributed by atoms with E-state index in [1.165, 1.54) is 11.8 Å². The fourth-order valence-corrected chi connectivity index (χ4v) is 2.23. The molecular weight excluding hydrogens is 300 g/mol. The lowest BCUT2D eigenvalue weighted by atomic mass is 10.1. The highest BCUT2D eigenvalue weighted by atomic mass is 79.9. The molecule has 0 heterocycles. The Morgan fingerprint density at radius 3 is 2.59 bits per heavy atom. The van der Waals surface area contributed by atoms with Crippen LogP contribution < -0.4 is 5.73 Å². The number of allylic oxidation sites excluding steroid dienone is 1. The SMILES string of the molecule is C=C([NH3+])[C@@H](C#N)C(=O)CSc1ccc(Br)cc1. The average Bonchev–Trinajstić information content (AvgIpc) is 2.28. The van der Waals surface area contributed by atoms with Gasteiger partial charge in [0.2, 0.25) is 0 Å². The van der Waals surface area contributed by atoms with Crippen LogP contribution in [-0.4, -0.2) is 11.5 Å². The number of carbonyl (C=O) groups is 1. The van der Waals surface area contributed by atoms with Crippen molar-refractivity contribution < 1.29 is 10.5 Å². The first kappa shape index (κ1) is 14.0. The predicted molar refractivity (Wildman–Crippen MR) is 71.0 cm³/mol. The molecule has 17 heavy (non-hydrogen) atoms. The lowest BCUT2D eigenvalue weighted by molar-refractivity contribution is -0.309. The Kier molecular flexibility index (Phi) is 5.42. The van der Waals surface area contributed by atoms with Crippen LogP contribution in [-0.2, 0) is 4.79 Å². The first-order valence-electron chi connectivity index (χ1n) is 4.86. The van der Waals surface area contributed by atoms with Crippen LogP contribution >= 0.6 is 27.7 Å². The molecule has 3 N–H and O–H groups in total. The van der Waals surface area contributed by atoms with E-state index in [9.17, 15) is 4.79 Å². The van der Waals surface area contributed by atoms with Crippen molar-refractivity contribution in [1.82, 2.24) is 0 Å². The molecule has 0 aliphatic heterocycles. The average molecular weight is 312 g/mol. The number of benzene rings is 1. The Labute approximate surface area is 113 Å². The number of rotatable bonds is 5. The van der Waals surface area contributed by atoms with E-state index in [-0.39, 0.29) is 11.5 Å². The summed E-state index contributed by atoms with van der Waals surface area (Å²) in [6.45, 7) is 3.54. The maximum absolute atomic E-state index is 11.7. The van der Waals surface area contributed by atoms with Gasteiger partial charge < -0.3 is 5.73 Å². The van der Waals surface area contributed by atoms with Gasteiger partial charge in [-0.2, -0.15) is 5.26 Å². The smallest absolute Gasteiger partial charge is 0.178 e. The normalized spacial score (nSPS) is 11.6. The summed E-state index contributed by atoms with van der Waals surface area (Å²) in [5.41, 5.74) is 3.90. The Hall–Kier alpha value is -1.09. The van der Waals surface area contributed by atoms with E-state index in [2.05, 4.69) is 28.2 Å². The second-order valence-electron chi connectivity index (χ2n) is 3.43. The molecule has 0 spiro atoms. The zero-order valence-corrected chi connectivity index (χ0v) is 11.6. The number of quaternary nitrogens is 1. The minimum Gasteiger partial charge on any atom is -0.328 e. The van der Waals surface area contributed by atoms with Crippen LogP contribution in [0, 0.1) is 17.2 Å². The van der Waals surface area contributed by atoms with Gasteiger partial charge in [-0.05, 0) is 30.8 Å². The maximum atomic E-state index is 11.7. The molecule has 1 aromatic rings. The predicted octanol–water partition coefficient (Wildman–Crippen LogP) is 2.01. The first-order chi connectivity index (χ1) is 8.04. The number of hydrogen-bond acceptors (Lipinski definition) is 3. The molecule has 1 rings (SSSR count). The molecule has 3 nitrogen and oxygen atoms in total. The van der Waals surface area contributed by atoms with Crippen molar-refractivity contribution in [3.8, 4) is 6.07 Å². The van der Waals surface area contributed by atoms with Crippen LogP contribution in [0.1, 0.15) is 0 Å². The van der Waals surface area contributed by atoms with E-state index >= 15 is 0 Å². The van der Waals surface area contributed by atoms with E-state index in [0.717, 1.165) is 9.37 Å². The van der Waals surface area contributed by atoms with Crippen LogP contribution in [0.4, 0.5) is 0 Å². The van der Waals surface area contributed by atoms with Crippen molar-refractivity contribution >= 4 is 33.5 Å². The van der Waals surface area contributed by atoms with Crippen molar-refractivity contribution in [2.24, 2.45) is 5.92 Å². The Bertz CT molecular complexity index is 464. The second-order valence-corrected chi connectivity index (χ2v) is 5.39. The van der Waals surface area contributed by atoms with E-state index in [4.69, 9.17) is 5.26 Å². The third-order valence-electron chi connectivity index (χ3n) is 2.05. The van der Waals surface area contributed by atoms with Crippen molar-refractivity contribution in [1.29, 1.82) is 5.26 Å². The third kappa shape index (κ3) is 4.35. The molecule has 0 unspecified atom stereocenters. The van der Waals surface area contributed by atoms with Gasteiger partial charge in [0.25, 0.3) is 0 Å². The topological polar surface area (TPSA) is 68.5 Å². The molecule has 0 aliphatic carbocycles. The number of hydrogen-bond donors (Lipinski definition) is 1. The van der Waals surface area contributed by atoms with Gasteiger partial charge in [0.15, 0.2) is 11.7 Å². The molecule has 0 saturated carbocycles. The van der Waals surface area contributed by atoms with Crippen molar-refractivity contribution in [3.63, 3.8) is 0 Å². The molecule has 0 aromatic heterocycles. The zero-order valence-electron chi connectivity index (χ0n) is 9.15. The molecular formula is C12H12BrN2OS+. The minimum atomic E-state index is -0.794. The van der Waals surface area contributed by atoms with E-state index in [1.807, 2.05) is 30.3 Å². The van der Waals surface area contributed by atoms with Gasteiger partial charge in [0.05, 0.1) is 11.8 Å². The number of thioether (sulfide) groups is 1. The number of nitriles is 1. The third-order valence-corrected chi connectivity index (χ3v) is 3.62. The summed E-state index contributed by atoms with van der Waals surface area (Å²) in [7, 11) is 0. The molecule has 0 aliphatic rings. The van der Waals surface area contributed by atoms with Gasteiger partial charge in [0, 0.05) is 9.37 Å². The number of ketones is 1. The standard InChI is InChI=1S/C12H11BrN2OS/c1-8(15)11(6-14)12(16)7-17-10-4-2-9(13)3-5-10/h2-5,11H,1,7,15H2/p+1/t11-/m1/s1. The number of Topliss-reactive ketones (excluding diaryl/α,β-unsaturated/α-hetero) is 1. The maximum Gasteiger partial charge on any atom is 0.178 e. The van der Waals surface area contributed by atoms with Crippen LogP contribution in [0.25, 0.3) is 0 Å². The van der Waals surface area contributed by atoms with Gasteiger partial charge in [-0.15, -0.1) is 11.8 Å². The highest BCUT2D eigenvalue weighted by Gasteiger charge is 2.21. The van der Waals surface area contributed by atoms with Crippen LogP contribution in [0.5, 0.6) is 0 Å². The molecule has 1 aromatic carbocycles. The highest BCUT2D eigenvalue weighted by molar-refractivity contribution is 9.10. The summed E-state index contributed by atoms with van der Waals surface area (Å²) in [5.74, 6) is -0.688. The fraction of sp³-hybridized carbons (Fsp3) is 0.167. The molecule has 5 heteroatoms. The molecule has 88 valence electrons. The second kappa shape index (κ2) is 6.60. The quantitative estimate of drug-likeness (QED) is 0.846. The Morgan fingerprint density at radius 1 is 1.53 bits per heavy atom. The van der Waals surface area contributed by atoms with Gasteiger partial charge in [-0.1, -0.05) is 15.9 Å². The van der Waals surface area contributed by atoms with Gasteiger partial charge >= 0.3 is 0 Å². The molecule has 0 saturated heterocycles. The molecule has 0 radical (unpaired) electrons. The van der Waals surface area contributed by atoms with Crippen LogP contribution in [0.3, 0.4) is 0 Å². The van der Waals surface area contributed by atoms with E-state index in [0.29, 0.717) is 5.70 Å². The Morgan fingerprint density at radius 2 is 2.12 bits per heavy atom.